The molecule has 1 amide bonds. The summed E-state index contributed by atoms with van der Waals surface area (Å²) in [6.45, 7) is 4.81. The van der Waals surface area contributed by atoms with E-state index in [1.807, 2.05) is 0 Å². The van der Waals surface area contributed by atoms with Crippen LogP contribution in [0.5, 0.6) is 0 Å². The van der Waals surface area contributed by atoms with Crippen molar-refractivity contribution in [3.63, 3.8) is 0 Å². The van der Waals surface area contributed by atoms with Gasteiger partial charge in [-0.15, -0.1) is 0 Å². The minimum absolute atomic E-state index is 0.0633. The number of aryl methyl sites for hydroxylation is 1. The largest absolute Gasteiger partial charge is 0.481 e. The number of hydrogen-bond acceptors (Lipinski definition) is 2. The highest BCUT2D eigenvalue weighted by Gasteiger charge is 2.09. The molecule has 0 bridgehead atoms. The number of benzene rings is 1. The summed E-state index contributed by atoms with van der Waals surface area (Å²) in [6.07, 6.45) is 1.79. The molecule has 0 aliphatic carbocycles. The van der Waals surface area contributed by atoms with Crippen molar-refractivity contribution < 1.29 is 14.7 Å². The molecular formula is C17H25NO3. The number of amides is 1. The summed E-state index contributed by atoms with van der Waals surface area (Å²) in [4.78, 5) is 24.0. The first kappa shape index (κ1) is 17.2. The minimum Gasteiger partial charge on any atom is -0.481 e. The maximum Gasteiger partial charge on any atom is 0.303 e. The van der Waals surface area contributed by atoms with Crippen LogP contribution in [-0.4, -0.2) is 35.5 Å². The van der Waals surface area contributed by atoms with E-state index >= 15 is 0 Å². The van der Waals surface area contributed by atoms with Gasteiger partial charge >= 0.3 is 5.97 Å². The van der Waals surface area contributed by atoms with Gasteiger partial charge in [0.2, 0.25) is 5.91 Å². The van der Waals surface area contributed by atoms with Crippen LogP contribution in [0.2, 0.25) is 0 Å². The second kappa shape index (κ2) is 8.45. The van der Waals surface area contributed by atoms with Crippen LogP contribution in [-0.2, 0) is 16.0 Å². The predicted octanol–water partition coefficient (Wildman–Crippen LogP) is 3.07. The summed E-state index contributed by atoms with van der Waals surface area (Å²) in [7, 11) is 1.73. The molecule has 0 atom stereocenters. The Bertz CT molecular complexity index is 465. The third kappa shape index (κ3) is 6.43. The van der Waals surface area contributed by atoms with E-state index in [0.29, 0.717) is 25.3 Å². The number of carbonyl (C=O) groups is 2. The van der Waals surface area contributed by atoms with E-state index in [1.54, 1.807) is 11.9 Å². The Kier molecular flexibility index (Phi) is 6.92. The Morgan fingerprint density at radius 3 is 2.29 bits per heavy atom. The minimum atomic E-state index is -0.818. The molecule has 116 valence electrons. The van der Waals surface area contributed by atoms with Crippen LogP contribution in [0.1, 0.15) is 50.2 Å². The number of carboxylic acid groups (broad SMARTS) is 1. The first-order valence-corrected chi connectivity index (χ1v) is 7.44. The SMILES string of the molecule is CC(C)c1ccc(CCC(=O)N(C)CCCC(=O)O)cc1. The first-order chi connectivity index (χ1) is 9.90. The fourth-order valence-corrected chi connectivity index (χ4v) is 2.10. The van der Waals surface area contributed by atoms with Gasteiger partial charge in [-0.1, -0.05) is 38.1 Å². The van der Waals surface area contributed by atoms with Crippen LogP contribution in [0.4, 0.5) is 0 Å². The van der Waals surface area contributed by atoms with Crippen molar-refractivity contribution in [2.75, 3.05) is 13.6 Å². The van der Waals surface area contributed by atoms with Crippen LogP contribution in [0.3, 0.4) is 0 Å². The summed E-state index contributed by atoms with van der Waals surface area (Å²) in [5, 5.41) is 8.57. The van der Waals surface area contributed by atoms with Gasteiger partial charge in [0.25, 0.3) is 0 Å². The molecule has 0 unspecified atom stereocenters. The van der Waals surface area contributed by atoms with Gasteiger partial charge in [-0.25, -0.2) is 0 Å². The van der Waals surface area contributed by atoms with Crippen molar-refractivity contribution in [3.8, 4) is 0 Å². The lowest BCUT2D eigenvalue weighted by atomic mass is 10.0. The Morgan fingerprint density at radius 2 is 1.76 bits per heavy atom. The van der Waals surface area contributed by atoms with E-state index in [0.717, 1.165) is 12.0 Å². The lowest BCUT2D eigenvalue weighted by Gasteiger charge is -2.16. The third-order valence-corrected chi connectivity index (χ3v) is 3.58. The summed E-state index contributed by atoms with van der Waals surface area (Å²) >= 11 is 0. The maximum atomic E-state index is 11.9. The first-order valence-electron chi connectivity index (χ1n) is 7.44. The van der Waals surface area contributed by atoms with Gasteiger partial charge < -0.3 is 10.0 Å². The third-order valence-electron chi connectivity index (χ3n) is 3.58. The fraction of sp³-hybridized carbons (Fsp3) is 0.529. The highest BCUT2D eigenvalue weighted by atomic mass is 16.4. The second-order valence-corrected chi connectivity index (χ2v) is 5.71. The van der Waals surface area contributed by atoms with Gasteiger partial charge in [0.05, 0.1) is 0 Å². The van der Waals surface area contributed by atoms with Gasteiger partial charge in [-0.3, -0.25) is 9.59 Å². The highest BCUT2D eigenvalue weighted by molar-refractivity contribution is 5.76. The molecule has 0 aromatic heterocycles. The lowest BCUT2D eigenvalue weighted by Crippen LogP contribution is -2.28. The zero-order chi connectivity index (χ0) is 15.8. The molecule has 0 radical (unpaired) electrons. The normalized spacial score (nSPS) is 10.7. The monoisotopic (exact) mass is 291 g/mol. The van der Waals surface area contributed by atoms with Gasteiger partial charge in [0, 0.05) is 26.4 Å². The van der Waals surface area contributed by atoms with Crippen LogP contribution in [0, 0.1) is 0 Å². The molecule has 0 aliphatic rings. The van der Waals surface area contributed by atoms with E-state index in [1.165, 1.54) is 5.56 Å². The quantitative estimate of drug-likeness (QED) is 0.801. The van der Waals surface area contributed by atoms with Gasteiger partial charge in [0.1, 0.15) is 0 Å². The maximum absolute atomic E-state index is 11.9. The molecule has 21 heavy (non-hydrogen) atoms. The highest BCUT2D eigenvalue weighted by Crippen LogP contribution is 2.15. The molecule has 1 aromatic carbocycles. The molecule has 4 nitrogen and oxygen atoms in total. The van der Waals surface area contributed by atoms with Crippen molar-refractivity contribution in [3.05, 3.63) is 35.4 Å². The Labute approximate surface area is 126 Å². The van der Waals surface area contributed by atoms with E-state index in [2.05, 4.69) is 38.1 Å². The van der Waals surface area contributed by atoms with Crippen molar-refractivity contribution in [1.82, 2.24) is 4.90 Å². The summed E-state index contributed by atoms with van der Waals surface area (Å²) < 4.78 is 0. The average molecular weight is 291 g/mol. The Hall–Kier alpha value is -1.84. The average Bonchev–Trinajstić information content (AvgIpc) is 2.44. The van der Waals surface area contributed by atoms with Crippen molar-refractivity contribution >= 4 is 11.9 Å². The molecule has 0 aliphatic heterocycles. The van der Waals surface area contributed by atoms with Crippen LogP contribution in [0.25, 0.3) is 0 Å². The van der Waals surface area contributed by atoms with Crippen molar-refractivity contribution in [2.24, 2.45) is 0 Å². The zero-order valence-corrected chi connectivity index (χ0v) is 13.1. The molecule has 1 N–H and O–H groups in total. The summed E-state index contributed by atoms with van der Waals surface area (Å²) in [6, 6.07) is 8.38. The molecule has 1 aromatic rings. The molecule has 4 heteroatoms. The number of nitrogens with zero attached hydrogens (tertiary/aromatic N) is 1. The molecule has 0 saturated carbocycles. The van der Waals surface area contributed by atoms with Crippen LogP contribution < -0.4 is 0 Å². The van der Waals surface area contributed by atoms with Gasteiger partial charge in [-0.2, -0.15) is 0 Å². The number of hydrogen-bond donors (Lipinski definition) is 1. The molecule has 0 saturated heterocycles. The van der Waals surface area contributed by atoms with E-state index < -0.39 is 5.97 Å². The van der Waals surface area contributed by atoms with Crippen LogP contribution >= 0.6 is 0 Å². The molecule has 0 spiro atoms. The number of rotatable bonds is 8. The molecule has 0 heterocycles. The fourth-order valence-electron chi connectivity index (χ4n) is 2.10. The summed E-state index contributed by atoms with van der Waals surface area (Å²) in [5.74, 6) is -0.240. The van der Waals surface area contributed by atoms with Gasteiger partial charge in [-0.05, 0) is 29.9 Å². The molecule has 1 rings (SSSR count). The molecule has 0 fully saturated rings. The number of aliphatic carboxylic acids is 1. The van der Waals surface area contributed by atoms with E-state index in [9.17, 15) is 9.59 Å². The second-order valence-electron chi connectivity index (χ2n) is 5.71. The van der Waals surface area contributed by atoms with Crippen molar-refractivity contribution in [1.29, 1.82) is 0 Å². The topological polar surface area (TPSA) is 57.6 Å². The Morgan fingerprint density at radius 1 is 1.14 bits per heavy atom. The van der Waals surface area contributed by atoms with Gasteiger partial charge in [0.15, 0.2) is 0 Å². The zero-order valence-electron chi connectivity index (χ0n) is 13.1. The predicted molar refractivity (Wildman–Crippen MR) is 83.4 cm³/mol. The number of carboxylic acids is 1. The van der Waals surface area contributed by atoms with E-state index in [-0.39, 0.29) is 12.3 Å². The Balaban J connectivity index is 2.36. The van der Waals surface area contributed by atoms with Crippen LogP contribution in [0.15, 0.2) is 24.3 Å². The lowest BCUT2D eigenvalue weighted by molar-refractivity contribution is -0.138. The number of carbonyl (C=O) groups excluding carboxylic acids is 1. The molecular weight excluding hydrogens is 266 g/mol. The smallest absolute Gasteiger partial charge is 0.303 e. The standard InChI is InChI=1S/C17H25NO3/c1-13(2)15-9-6-14(7-10-15)8-11-16(19)18(3)12-4-5-17(20)21/h6-7,9-10,13H,4-5,8,11-12H2,1-3H3,(H,20,21). The summed E-state index contributed by atoms with van der Waals surface area (Å²) in [5.41, 5.74) is 2.46. The van der Waals surface area contributed by atoms with Crippen molar-refractivity contribution in [2.45, 2.75) is 45.4 Å². The van der Waals surface area contributed by atoms with E-state index in [4.69, 9.17) is 5.11 Å².